The summed E-state index contributed by atoms with van der Waals surface area (Å²) in [6.07, 6.45) is 1.02. The van der Waals surface area contributed by atoms with Crippen molar-refractivity contribution in [2.75, 3.05) is 10.8 Å². The molecular weight excluding hydrogens is 529 g/mol. The van der Waals surface area contributed by atoms with Gasteiger partial charge in [0, 0.05) is 12.6 Å². The topological polar surface area (TPSA) is 86.8 Å². The summed E-state index contributed by atoms with van der Waals surface area (Å²) in [4.78, 5) is 28.8. The average molecular weight is 568 g/mol. The predicted molar refractivity (Wildman–Crippen MR) is 156 cm³/mol. The SMILES string of the molecule is CC[C@H](C(=O)N[C@@H](C)CC)N(Cc1ccc(F)cc1)C(=O)CN(c1ccc(C)c(C)c1)S(=O)(=O)c1ccccc1. The molecule has 40 heavy (non-hydrogen) atoms. The van der Waals surface area contributed by atoms with E-state index in [1.807, 2.05) is 33.8 Å². The van der Waals surface area contributed by atoms with Crippen molar-refractivity contribution in [1.82, 2.24) is 10.2 Å². The smallest absolute Gasteiger partial charge is 0.264 e. The Hall–Kier alpha value is -3.72. The van der Waals surface area contributed by atoms with E-state index in [0.717, 1.165) is 15.4 Å². The highest BCUT2D eigenvalue weighted by atomic mass is 32.2. The van der Waals surface area contributed by atoms with Gasteiger partial charge in [-0.05, 0) is 86.7 Å². The average Bonchev–Trinajstić information content (AvgIpc) is 2.94. The van der Waals surface area contributed by atoms with Gasteiger partial charge in [-0.3, -0.25) is 13.9 Å². The van der Waals surface area contributed by atoms with Gasteiger partial charge in [-0.2, -0.15) is 0 Å². The fraction of sp³-hybridized carbons (Fsp3) is 0.355. The standard InChI is InChI=1S/C31H38FN3O4S/c1-6-24(5)33-31(37)29(7-2)34(20-25-14-16-26(32)17-15-25)30(36)21-35(27-18-13-22(3)23(4)19-27)40(38,39)28-11-9-8-10-12-28/h8-19,24,29H,6-7,20-21H2,1-5H3,(H,33,37)/t24-,29+/m0/s1. The van der Waals surface area contributed by atoms with Crippen molar-refractivity contribution in [3.63, 3.8) is 0 Å². The van der Waals surface area contributed by atoms with Crippen molar-refractivity contribution >= 4 is 27.5 Å². The molecule has 3 aromatic carbocycles. The van der Waals surface area contributed by atoms with Crippen LogP contribution in [0.4, 0.5) is 10.1 Å². The van der Waals surface area contributed by atoms with Gasteiger partial charge in [-0.15, -0.1) is 0 Å². The van der Waals surface area contributed by atoms with Gasteiger partial charge in [0.15, 0.2) is 0 Å². The van der Waals surface area contributed by atoms with Crippen molar-refractivity contribution in [3.8, 4) is 0 Å². The van der Waals surface area contributed by atoms with Gasteiger partial charge in [0.25, 0.3) is 10.0 Å². The number of hydrogen-bond acceptors (Lipinski definition) is 4. The van der Waals surface area contributed by atoms with Crippen LogP contribution >= 0.6 is 0 Å². The molecule has 2 atom stereocenters. The van der Waals surface area contributed by atoms with Gasteiger partial charge < -0.3 is 10.2 Å². The molecule has 9 heteroatoms. The Morgan fingerprint density at radius 1 is 0.900 bits per heavy atom. The number of amides is 2. The van der Waals surface area contributed by atoms with Gasteiger partial charge >= 0.3 is 0 Å². The zero-order chi connectivity index (χ0) is 29.4. The Morgan fingerprint density at radius 2 is 1.55 bits per heavy atom. The number of hydrogen-bond donors (Lipinski definition) is 1. The largest absolute Gasteiger partial charge is 0.352 e. The molecule has 0 saturated heterocycles. The van der Waals surface area contributed by atoms with E-state index in [1.54, 1.807) is 49.4 Å². The van der Waals surface area contributed by atoms with E-state index in [-0.39, 0.29) is 23.4 Å². The van der Waals surface area contributed by atoms with Gasteiger partial charge in [0.1, 0.15) is 18.4 Å². The van der Waals surface area contributed by atoms with Crippen LogP contribution in [0.1, 0.15) is 50.3 Å². The number of aryl methyl sites for hydroxylation is 2. The molecule has 7 nitrogen and oxygen atoms in total. The van der Waals surface area contributed by atoms with Crippen LogP contribution in [0.3, 0.4) is 0 Å². The first-order valence-electron chi connectivity index (χ1n) is 13.5. The maximum Gasteiger partial charge on any atom is 0.264 e. The van der Waals surface area contributed by atoms with Crippen LogP contribution in [0.5, 0.6) is 0 Å². The van der Waals surface area contributed by atoms with Gasteiger partial charge in [0.05, 0.1) is 10.6 Å². The van der Waals surface area contributed by atoms with Crippen molar-refractivity contribution in [2.24, 2.45) is 0 Å². The molecule has 0 aliphatic carbocycles. The number of nitrogens with zero attached hydrogens (tertiary/aromatic N) is 2. The quantitative estimate of drug-likeness (QED) is 0.319. The number of carbonyl (C=O) groups is 2. The molecule has 3 aromatic rings. The number of sulfonamides is 1. The van der Waals surface area contributed by atoms with E-state index in [1.165, 1.54) is 29.2 Å². The summed E-state index contributed by atoms with van der Waals surface area (Å²) >= 11 is 0. The van der Waals surface area contributed by atoms with Gasteiger partial charge in [-0.1, -0.05) is 50.2 Å². The van der Waals surface area contributed by atoms with E-state index < -0.39 is 34.3 Å². The molecule has 1 N–H and O–H groups in total. The molecule has 0 spiro atoms. The second kappa shape index (κ2) is 13.6. The van der Waals surface area contributed by atoms with Gasteiger partial charge in [0.2, 0.25) is 11.8 Å². The summed E-state index contributed by atoms with van der Waals surface area (Å²) in [5.74, 6) is -1.29. The Balaban J connectivity index is 2.06. The number of benzene rings is 3. The molecule has 0 saturated carbocycles. The van der Waals surface area contributed by atoms with E-state index in [9.17, 15) is 22.4 Å². The molecule has 0 heterocycles. The lowest BCUT2D eigenvalue weighted by Gasteiger charge is -2.34. The third kappa shape index (κ3) is 7.47. The minimum absolute atomic E-state index is 0.0116. The monoisotopic (exact) mass is 567 g/mol. The lowest BCUT2D eigenvalue weighted by atomic mass is 10.1. The lowest BCUT2D eigenvalue weighted by Crippen LogP contribution is -2.53. The van der Waals surface area contributed by atoms with Crippen LogP contribution in [0.15, 0.2) is 77.7 Å². The second-order valence-electron chi connectivity index (χ2n) is 9.98. The Morgan fingerprint density at radius 3 is 2.12 bits per heavy atom. The van der Waals surface area contributed by atoms with E-state index >= 15 is 0 Å². The third-order valence-electron chi connectivity index (χ3n) is 7.04. The number of anilines is 1. The van der Waals surface area contributed by atoms with Crippen LogP contribution < -0.4 is 9.62 Å². The van der Waals surface area contributed by atoms with Gasteiger partial charge in [-0.25, -0.2) is 12.8 Å². The molecule has 0 radical (unpaired) electrons. The summed E-state index contributed by atoms with van der Waals surface area (Å²) in [5.41, 5.74) is 2.82. The van der Waals surface area contributed by atoms with E-state index in [2.05, 4.69) is 5.32 Å². The highest BCUT2D eigenvalue weighted by Crippen LogP contribution is 2.26. The molecule has 0 unspecified atom stereocenters. The first kappa shape index (κ1) is 30.8. The zero-order valence-corrected chi connectivity index (χ0v) is 24.5. The molecule has 0 aromatic heterocycles. The summed E-state index contributed by atoms with van der Waals surface area (Å²) < 4.78 is 42.5. The molecule has 2 amide bonds. The Kier molecular flexibility index (Phi) is 10.5. The highest BCUT2D eigenvalue weighted by molar-refractivity contribution is 7.92. The normalized spacial score (nSPS) is 12.8. The number of halogens is 1. The minimum Gasteiger partial charge on any atom is -0.352 e. The van der Waals surface area contributed by atoms with Crippen molar-refractivity contribution in [1.29, 1.82) is 0 Å². The highest BCUT2D eigenvalue weighted by Gasteiger charge is 2.34. The predicted octanol–water partition coefficient (Wildman–Crippen LogP) is 5.36. The number of nitrogens with one attached hydrogen (secondary N) is 1. The fourth-order valence-corrected chi connectivity index (χ4v) is 5.70. The molecule has 0 aliphatic rings. The molecule has 214 valence electrons. The minimum atomic E-state index is -4.13. The summed E-state index contributed by atoms with van der Waals surface area (Å²) in [6.45, 7) is 8.92. The van der Waals surface area contributed by atoms with Crippen molar-refractivity contribution in [3.05, 3.63) is 95.3 Å². The molecule has 0 aliphatic heterocycles. The zero-order valence-electron chi connectivity index (χ0n) is 23.7. The van der Waals surface area contributed by atoms with E-state index in [0.29, 0.717) is 24.1 Å². The van der Waals surface area contributed by atoms with Crippen LogP contribution in [0, 0.1) is 19.7 Å². The summed E-state index contributed by atoms with van der Waals surface area (Å²) in [5, 5.41) is 2.94. The second-order valence-corrected chi connectivity index (χ2v) is 11.8. The Bertz CT molecular complexity index is 1410. The first-order chi connectivity index (χ1) is 19.0. The lowest BCUT2D eigenvalue weighted by molar-refractivity contribution is -0.140. The molecule has 0 bridgehead atoms. The molecule has 0 fully saturated rings. The first-order valence-corrected chi connectivity index (χ1v) is 14.9. The van der Waals surface area contributed by atoms with Crippen LogP contribution in [-0.2, 0) is 26.2 Å². The molecular formula is C31H38FN3O4S. The number of carbonyl (C=O) groups excluding carboxylic acids is 2. The van der Waals surface area contributed by atoms with Crippen LogP contribution in [0.2, 0.25) is 0 Å². The van der Waals surface area contributed by atoms with Crippen LogP contribution in [0.25, 0.3) is 0 Å². The maximum atomic E-state index is 14.1. The summed E-state index contributed by atoms with van der Waals surface area (Å²) in [6, 6.07) is 17.9. The maximum absolute atomic E-state index is 14.1. The van der Waals surface area contributed by atoms with E-state index in [4.69, 9.17) is 0 Å². The van der Waals surface area contributed by atoms with Crippen molar-refractivity contribution < 1.29 is 22.4 Å². The fourth-order valence-electron chi connectivity index (χ4n) is 4.28. The summed E-state index contributed by atoms with van der Waals surface area (Å²) in [7, 11) is -4.13. The van der Waals surface area contributed by atoms with Crippen LogP contribution in [-0.4, -0.2) is 43.8 Å². The third-order valence-corrected chi connectivity index (χ3v) is 8.83. The molecule has 3 rings (SSSR count). The Labute approximate surface area is 237 Å². The van der Waals surface area contributed by atoms with Crippen molar-refractivity contribution in [2.45, 2.75) is 71.0 Å². The number of rotatable bonds is 12.